The van der Waals surface area contributed by atoms with Gasteiger partial charge in [-0.25, -0.2) is 0 Å². The topological polar surface area (TPSA) is 60.7 Å². The fraction of sp³-hybridized carbons (Fsp3) is 0.714. The average Bonchev–Trinajstić information content (AvgIpc) is 2.87. The van der Waals surface area contributed by atoms with Gasteiger partial charge in [-0.3, -0.25) is 0 Å². The molecule has 0 aliphatic heterocycles. The molecule has 0 bridgehead atoms. The highest BCUT2D eigenvalue weighted by molar-refractivity contribution is 5.38. The molecule has 0 unspecified atom stereocenters. The monoisotopic (exact) mass is 332 g/mol. The molecular formula is C21H32O3. The predicted octanol–water partition coefficient (Wildman–Crippen LogP) is 3.51. The van der Waals surface area contributed by atoms with Gasteiger partial charge in [0.1, 0.15) is 0 Å². The Morgan fingerprint density at radius 3 is 2.71 bits per heavy atom. The van der Waals surface area contributed by atoms with Crippen molar-refractivity contribution in [2.24, 2.45) is 17.3 Å². The Kier molecular flexibility index (Phi) is 5.06. The van der Waals surface area contributed by atoms with Crippen LogP contribution in [0, 0.1) is 17.3 Å². The molecule has 3 fully saturated rings. The molecule has 6 atom stereocenters. The van der Waals surface area contributed by atoms with Crippen LogP contribution in [0.1, 0.15) is 58.8 Å². The van der Waals surface area contributed by atoms with Crippen LogP contribution in [0.15, 0.2) is 35.5 Å². The van der Waals surface area contributed by atoms with Gasteiger partial charge in [-0.15, -0.1) is 0 Å². The van der Waals surface area contributed by atoms with Crippen molar-refractivity contribution in [1.82, 2.24) is 0 Å². The van der Waals surface area contributed by atoms with Crippen LogP contribution in [0.5, 0.6) is 0 Å². The zero-order chi connectivity index (χ0) is 17.5. The SMILES string of the molecule is C=C1/C(=C\C=C2/CCC[C@]3(C)[C@@H]([C@@H](C)O)CC[C@@H]23)C[C@@H](O)C[C@@H]1O. The Morgan fingerprint density at radius 1 is 1.25 bits per heavy atom. The number of aliphatic hydroxyl groups excluding tert-OH is 3. The third kappa shape index (κ3) is 3.14. The largest absolute Gasteiger partial charge is 0.393 e. The number of hydrogen-bond donors (Lipinski definition) is 3. The van der Waals surface area contributed by atoms with Gasteiger partial charge in [0.05, 0.1) is 18.3 Å². The fourth-order valence-electron chi connectivity index (χ4n) is 5.54. The normalized spacial score (nSPS) is 44.8. The molecule has 0 aromatic rings. The van der Waals surface area contributed by atoms with Crippen LogP contribution < -0.4 is 0 Å². The second kappa shape index (κ2) is 6.78. The first-order valence-corrected chi connectivity index (χ1v) is 9.46. The maximum absolute atomic E-state index is 10.2. The molecule has 0 aromatic heterocycles. The summed E-state index contributed by atoms with van der Waals surface area (Å²) in [6, 6.07) is 0. The number of rotatable bonds is 2. The molecule has 3 N–H and O–H groups in total. The van der Waals surface area contributed by atoms with Crippen molar-refractivity contribution in [3.63, 3.8) is 0 Å². The Morgan fingerprint density at radius 2 is 2.00 bits per heavy atom. The summed E-state index contributed by atoms with van der Waals surface area (Å²) in [6.07, 6.45) is 9.70. The van der Waals surface area contributed by atoms with Crippen LogP contribution in [-0.4, -0.2) is 33.6 Å². The van der Waals surface area contributed by atoms with Gasteiger partial charge in [0, 0.05) is 6.42 Å². The quantitative estimate of drug-likeness (QED) is 0.725. The van der Waals surface area contributed by atoms with E-state index in [2.05, 4.69) is 25.7 Å². The molecule has 0 amide bonds. The highest BCUT2D eigenvalue weighted by Gasteiger charge is 2.50. The molecule has 0 radical (unpaired) electrons. The average molecular weight is 332 g/mol. The summed E-state index contributed by atoms with van der Waals surface area (Å²) in [7, 11) is 0. The van der Waals surface area contributed by atoms with E-state index >= 15 is 0 Å². The molecule has 0 heterocycles. The predicted molar refractivity (Wildman–Crippen MR) is 96.4 cm³/mol. The minimum absolute atomic E-state index is 0.208. The molecule has 0 spiro atoms. The van der Waals surface area contributed by atoms with Crippen molar-refractivity contribution in [1.29, 1.82) is 0 Å². The van der Waals surface area contributed by atoms with Gasteiger partial charge in [0.25, 0.3) is 0 Å². The van der Waals surface area contributed by atoms with Gasteiger partial charge in [0.15, 0.2) is 0 Å². The Balaban J connectivity index is 1.83. The molecule has 0 aromatic carbocycles. The summed E-state index contributed by atoms with van der Waals surface area (Å²) < 4.78 is 0. The van der Waals surface area contributed by atoms with Crippen molar-refractivity contribution in [3.05, 3.63) is 35.5 Å². The standard InChI is InChI=1S/C21H32O3/c1-13-16(11-17(23)12-20(13)24)7-6-15-5-4-10-21(3)18(14(2)22)8-9-19(15)21/h6-7,14,17-20,22-24H,1,4-5,8-12H2,2-3H3/b15-6+,16-7-/t14-,17-,18-,19+,20+,21-/m1/s1. The first kappa shape index (κ1) is 17.9. The first-order chi connectivity index (χ1) is 11.3. The zero-order valence-corrected chi connectivity index (χ0v) is 15.0. The third-order valence-electron chi connectivity index (χ3n) is 6.88. The lowest BCUT2D eigenvalue weighted by atomic mass is 9.62. The maximum atomic E-state index is 10.2. The van der Waals surface area contributed by atoms with Gasteiger partial charge in [-0.2, -0.15) is 0 Å². The van der Waals surface area contributed by atoms with E-state index < -0.39 is 12.2 Å². The van der Waals surface area contributed by atoms with Crippen LogP contribution in [0.2, 0.25) is 0 Å². The van der Waals surface area contributed by atoms with E-state index in [-0.39, 0.29) is 11.5 Å². The zero-order valence-electron chi connectivity index (χ0n) is 15.0. The summed E-state index contributed by atoms with van der Waals surface area (Å²) in [5.41, 5.74) is 3.41. The van der Waals surface area contributed by atoms with Gasteiger partial charge in [-0.05, 0) is 73.8 Å². The van der Waals surface area contributed by atoms with Crippen molar-refractivity contribution in [3.8, 4) is 0 Å². The lowest BCUT2D eigenvalue weighted by Gasteiger charge is -2.43. The van der Waals surface area contributed by atoms with Crippen LogP contribution in [0.4, 0.5) is 0 Å². The fourth-order valence-corrected chi connectivity index (χ4v) is 5.54. The van der Waals surface area contributed by atoms with Gasteiger partial charge in [-0.1, -0.05) is 31.2 Å². The molecule has 3 rings (SSSR count). The van der Waals surface area contributed by atoms with Gasteiger partial charge in [0.2, 0.25) is 0 Å². The van der Waals surface area contributed by atoms with Crippen molar-refractivity contribution in [2.75, 3.05) is 0 Å². The number of fused-ring (bicyclic) bond motifs is 1. The molecule has 3 heteroatoms. The Hall–Kier alpha value is -0.900. The molecule has 134 valence electrons. The minimum atomic E-state index is -0.624. The van der Waals surface area contributed by atoms with Crippen LogP contribution in [0.3, 0.4) is 0 Å². The van der Waals surface area contributed by atoms with E-state index in [0.29, 0.717) is 24.7 Å². The summed E-state index contributed by atoms with van der Waals surface area (Å²) in [6.45, 7) is 8.29. The molecular weight excluding hydrogens is 300 g/mol. The van der Waals surface area contributed by atoms with Crippen molar-refractivity contribution in [2.45, 2.75) is 77.1 Å². The molecule has 3 saturated carbocycles. The highest BCUT2D eigenvalue weighted by Crippen LogP contribution is 2.58. The summed E-state index contributed by atoms with van der Waals surface area (Å²) in [4.78, 5) is 0. The van der Waals surface area contributed by atoms with Crippen LogP contribution in [0.25, 0.3) is 0 Å². The lowest BCUT2D eigenvalue weighted by Crippen LogP contribution is -2.37. The number of hydrogen-bond acceptors (Lipinski definition) is 3. The molecule has 3 nitrogen and oxygen atoms in total. The Bertz CT molecular complexity index is 559. The second-order valence-corrected chi connectivity index (χ2v) is 8.40. The van der Waals surface area contributed by atoms with E-state index in [1.807, 2.05) is 6.92 Å². The van der Waals surface area contributed by atoms with E-state index in [4.69, 9.17) is 0 Å². The second-order valence-electron chi connectivity index (χ2n) is 8.40. The van der Waals surface area contributed by atoms with Gasteiger partial charge >= 0.3 is 0 Å². The van der Waals surface area contributed by atoms with E-state index in [1.54, 1.807) is 0 Å². The van der Waals surface area contributed by atoms with Crippen LogP contribution in [-0.2, 0) is 0 Å². The van der Waals surface area contributed by atoms with Gasteiger partial charge < -0.3 is 15.3 Å². The van der Waals surface area contributed by atoms with E-state index in [0.717, 1.165) is 30.4 Å². The maximum Gasteiger partial charge on any atom is 0.0811 e. The number of allylic oxidation sites excluding steroid dienone is 3. The molecule has 3 aliphatic rings. The molecule has 24 heavy (non-hydrogen) atoms. The first-order valence-electron chi connectivity index (χ1n) is 9.46. The third-order valence-corrected chi connectivity index (χ3v) is 6.88. The molecule has 3 aliphatic carbocycles. The van der Waals surface area contributed by atoms with Crippen LogP contribution >= 0.6 is 0 Å². The van der Waals surface area contributed by atoms with Crippen molar-refractivity contribution < 1.29 is 15.3 Å². The summed E-state index contributed by atoms with van der Waals surface area (Å²) in [5, 5.41) is 30.1. The Labute approximate surface area is 145 Å². The lowest BCUT2D eigenvalue weighted by molar-refractivity contribution is 0.0302. The smallest absolute Gasteiger partial charge is 0.0811 e. The summed E-state index contributed by atoms with van der Waals surface area (Å²) in [5.74, 6) is 0.946. The highest BCUT2D eigenvalue weighted by atomic mass is 16.3. The summed E-state index contributed by atoms with van der Waals surface area (Å²) >= 11 is 0. The molecule has 0 saturated heterocycles. The minimum Gasteiger partial charge on any atom is -0.393 e. The number of aliphatic hydroxyl groups is 3. The van der Waals surface area contributed by atoms with Crippen molar-refractivity contribution >= 4 is 0 Å². The van der Waals surface area contributed by atoms with E-state index in [9.17, 15) is 15.3 Å². The van der Waals surface area contributed by atoms with E-state index in [1.165, 1.54) is 18.4 Å².